The molecule has 1 rings (SSSR count). The molecule has 1 aliphatic rings. The van der Waals surface area contributed by atoms with E-state index in [1.807, 2.05) is 12.2 Å². The van der Waals surface area contributed by atoms with Crippen LogP contribution in [0.2, 0.25) is 0 Å². The van der Waals surface area contributed by atoms with E-state index in [1.165, 1.54) is 12.0 Å². The summed E-state index contributed by atoms with van der Waals surface area (Å²) in [5, 5.41) is -0.396. The van der Waals surface area contributed by atoms with Crippen molar-refractivity contribution in [1.29, 1.82) is 0 Å². The highest BCUT2D eigenvalue weighted by molar-refractivity contribution is 6.64. The number of carbonyl (C=O) groups excluding carboxylic acids is 1. The number of rotatable bonds is 9. The predicted molar refractivity (Wildman–Crippen MR) is 88.7 cm³/mol. The van der Waals surface area contributed by atoms with Gasteiger partial charge in [-0.25, -0.2) is 0 Å². The van der Waals surface area contributed by atoms with E-state index >= 15 is 0 Å². The number of carbonyl (C=O) groups is 1. The monoisotopic (exact) mass is 351 g/mol. The van der Waals surface area contributed by atoms with Gasteiger partial charge in [0.05, 0.1) is 12.2 Å². The van der Waals surface area contributed by atoms with Crippen LogP contribution >= 0.6 is 34.8 Å². The number of nitrogens with zero attached hydrogens (tertiary/aromatic N) is 1. The van der Waals surface area contributed by atoms with Gasteiger partial charge in [-0.05, 0) is 36.2 Å². The van der Waals surface area contributed by atoms with E-state index < -0.39 is 5.24 Å². The molecule has 0 bridgehead atoms. The molecule has 6 heteroatoms. The molecule has 0 aromatic heterocycles. The molecular formula is C15H20Cl3NO2. The molecule has 1 aliphatic carbocycles. The van der Waals surface area contributed by atoms with Crippen LogP contribution < -0.4 is 0 Å². The fourth-order valence-electron chi connectivity index (χ4n) is 1.89. The quantitative estimate of drug-likeness (QED) is 0.353. The van der Waals surface area contributed by atoms with Gasteiger partial charge < -0.3 is 9.64 Å². The lowest BCUT2D eigenvalue weighted by Gasteiger charge is -2.27. The standard InChI is InChI=1S/C15H20Cl3NO2/c1-12(15(18)20)6-11-21-14-4-2-13(3-5-14)19(9-7-16)10-8-17/h2,4,6,11-12H,3,5,7-10H2,1H3/b11-6+. The molecule has 0 saturated heterocycles. The molecule has 118 valence electrons. The van der Waals surface area contributed by atoms with Gasteiger partial charge in [0.15, 0.2) is 0 Å². The smallest absolute Gasteiger partial charge is 0.228 e. The first-order chi connectivity index (χ1) is 10.1. The van der Waals surface area contributed by atoms with E-state index in [0.717, 1.165) is 31.7 Å². The second-order valence-corrected chi connectivity index (χ2v) is 5.82. The Morgan fingerprint density at radius 1 is 1.33 bits per heavy atom. The van der Waals surface area contributed by atoms with Crippen LogP contribution in [-0.2, 0) is 9.53 Å². The SMILES string of the molecule is CC(/C=C/OC1=CC=C(N(CCCl)CCCl)CC1)C(=O)Cl. The highest BCUT2D eigenvalue weighted by Crippen LogP contribution is 2.22. The van der Waals surface area contributed by atoms with Crippen molar-refractivity contribution >= 4 is 40.0 Å². The third kappa shape index (κ3) is 6.77. The molecule has 3 nitrogen and oxygen atoms in total. The lowest BCUT2D eigenvalue weighted by atomic mass is 10.1. The van der Waals surface area contributed by atoms with Crippen molar-refractivity contribution in [3.8, 4) is 0 Å². The molecule has 0 spiro atoms. The highest BCUT2D eigenvalue weighted by atomic mass is 35.5. The minimum Gasteiger partial charge on any atom is -0.470 e. The largest absolute Gasteiger partial charge is 0.470 e. The molecule has 1 unspecified atom stereocenters. The van der Waals surface area contributed by atoms with Gasteiger partial charge in [0, 0.05) is 37.0 Å². The summed E-state index contributed by atoms with van der Waals surface area (Å²) in [6.07, 6.45) is 8.82. The van der Waals surface area contributed by atoms with Crippen molar-refractivity contribution in [2.45, 2.75) is 19.8 Å². The lowest BCUT2D eigenvalue weighted by Crippen LogP contribution is -2.28. The van der Waals surface area contributed by atoms with Crippen LogP contribution in [0.25, 0.3) is 0 Å². The van der Waals surface area contributed by atoms with Crippen LogP contribution in [0.5, 0.6) is 0 Å². The summed E-state index contributed by atoms with van der Waals surface area (Å²) >= 11 is 17.0. The molecule has 0 aromatic rings. The van der Waals surface area contributed by atoms with E-state index in [-0.39, 0.29) is 5.92 Å². The average molecular weight is 353 g/mol. The molecule has 0 heterocycles. The van der Waals surface area contributed by atoms with Gasteiger partial charge in [-0.3, -0.25) is 4.79 Å². The summed E-state index contributed by atoms with van der Waals surface area (Å²) in [7, 11) is 0. The van der Waals surface area contributed by atoms with Crippen molar-refractivity contribution in [2.24, 2.45) is 5.92 Å². The molecule has 21 heavy (non-hydrogen) atoms. The normalized spacial score (nSPS) is 16.4. The second kappa shape index (κ2) is 10.1. The number of hydrogen-bond acceptors (Lipinski definition) is 3. The van der Waals surface area contributed by atoms with Gasteiger partial charge in [0.1, 0.15) is 5.76 Å². The van der Waals surface area contributed by atoms with Crippen molar-refractivity contribution in [3.63, 3.8) is 0 Å². The fraction of sp³-hybridized carbons (Fsp3) is 0.533. The van der Waals surface area contributed by atoms with Crippen molar-refractivity contribution in [3.05, 3.63) is 35.9 Å². The molecule has 1 atom stereocenters. The summed E-state index contributed by atoms with van der Waals surface area (Å²) in [4.78, 5) is 13.1. The first-order valence-corrected chi connectivity index (χ1v) is 8.32. The van der Waals surface area contributed by atoms with Crippen LogP contribution in [0.4, 0.5) is 0 Å². The number of halogens is 3. The Morgan fingerprint density at radius 2 is 2.00 bits per heavy atom. The highest BCUT2D eigenvalue weighted by Gasteiger charge is 2.13. The Balaban J connectivity index is 2.56. The number of ether oxygens (including phenoxy) is 1. The Labute approximate surface area is 141 Å². The molecule has 0 radical (unpaired) electrons. The Kier molecular flexibility index (Phi) is 8.90. The topological polar surface area (TPSA) is 29.5 Å². The summed E-state index contributed by atoms with van der Waals surface area (Å²) in [6, 6.07) is 0. The Hall–Kier alpha value is -0.640. The molecule has 0 fully saturated rings. The van der Waals surface area contributed by atoms with E-state index in [2.05, 4.69) is 4.90 Å². The van der Waals surface area contributed by atoms with Crippen LogP contribution in [0, 0.1) is 5.92 Å². The predicted octanol–water partition coefficient (Wildman–Crippen LogP) is 4.26. The van der Waals surface area contributed by atoms with Crippen molar-refractivity contribution in [2.75, 3.05) is 24.8 Å². The van der Waals surface area contributed by atoms with Gasteiger partial charge in [0.2, 0.25) is 5.24 Å². The third-order valence-electron chi connectivity index (χ3n) is 3.15. The molecule has 0 aromatic carbocycles. The van der Waals surface area contributed by atoms with Gasteiger partial charge in [-0.15, -0.1) is 23.2 Å². The fourth-order valence-corrected chi connectivity index (χ4v) is 2.37. The zero-order chi connectivity index (χ0) is 15.7. The first-order valence-electron chi connectivity index (χ1n) is 6.87. The van der Waals surface area contributed by atoms with E-state index in [1.54, 1.807) is 13.0 Å². The number of alkyl halides is 2. The number of allylic oxidation sites excluding steroid dienone is 5. The van der Waals surface area contributed by atoms with Crippen LogP contribution in [0.1, 0.15) is 19.8 Å². The maximum absolute atomic E-state index is 10.9. The van der Waals surface area contributed by atoms with Crippen LogP contribution in [-0.4, -0.2) is 35.0 Å². The lowest BCUT2D eigenvalue weighted by molar-refractivity contribution is -0.113. The van der Waals surface area contributed by atoms with E-state index in [0.29, 0.717) is 11.8 Å². The summed E-state index contributed by atoms with van der Waals surface area (Å²) in [5.74, 6) is 1.67. The van der Waals surface area contributed by atoms with Crippen molar-refractivity contribution < 1.29 is 9.53 Å². The Morgan fingerprint density at radius 3 is 2.48 bits per heavy atom. The Bertz CT molecular complexity index is 427. The molecule has 0 saturated carbocycles. The average Bonchev–Trinajstić information content (AvgIpc) is 2.47. The maximum Gasteiger partial charge on any atom is 0.228 e. The van der Waals surface area contributed by atoms with Gasteiger partial charge in [0.25, 0.3) is 0 Å². The number of hydrogen-bond donors (Lipinski definition) is 0. The molecule has 0 aliphatic heterocycles. The third-order valence-corrected chi connectivity index (χ3v) is 3.83. The van der Waals surface area contributed by atoms with Gasteiger partial charge in [-0.1, -0.05) is 6.92 Å². The minimum absolute atomic E-state index is 0.343. The summed E-state index contributed by atoms with van der Waals surface area (Å²) in [6.45, 7) is 3.30. The minimum atomic E-state index is -0.396. The zero-order valence-corrected chi connectivity index (χ0v) is 14.3. The maximum atomic E-state index is 10.9. The summed E-state index contributed by atoms with van der Waals surface area (Å²) < 4.78 is 5.51. The van der Waals surface area contributed by atoms with Gasteiger partial charge >= 0.3 is 0 Å². The first kappa shape index (κ1) is 18.4. The zero-order valence-electron chi connectivity index (χ0n) is 12.0. The summed E-state index contributed by atoms with van der Waals surface area (Å²) in [5.41, 5.74) is 1.22. The van der Waals surface area contributed by atoms with Crippen LogP contribution in [0.15, 0.2) is 35.9 Å². The van der Waals surface area contributed by atoms with E-state index in [9.17, 15) is 4.79 Å². The van der Waals surface area contributed by atoms with E-state index in [4.69, 9.17) is 39.5 Å². The van der Waals surface area contributed by atoms with Gasteiger partial charge in [-0.2, -0.15) is 0 Å². The molecular weight excluding hydrogens is 333 g/mol. The van der Waals surface area contributed by atoms with Crippen LogP contribution in [0.3, 0.4) is 0 Å². The molecule has 0 N–H and O–H groups in total. The molecule has 0 amide bonds. The second-order valence-electron chi connectivity index (χ2n) is 4.70. The van der Waals surface area contributed by atoms with Crippen molar-refractivity contribution in [1.82, 2.24) is 4.90 Å².